The maximum atomic E-state index is 12.8. The third-order valence-electron chi connectivity index (χ3n) is 5.02. The predicted octanol–water partition coefficient (Wildman–Crippen LogP) is 3.69. The molecule has 3 heterocycles. The van der Waals surface area contributed by atoms with E-state index in [2.05, 4.69) is 44.5 Å². The molecule has 0 aliphatic rings. The van der Waals surface area contributed by atoms with Gasteiger partial charge in [-0.2, -0.15) is 5.10 Å². The molecule has 0 saturated carbocycles. The zero-order chi connectivity index (χ0) is 22.8. The summed E-state index contributed by atoms with van der Waals surface area (Å²) in [7, 11) is 1.75. The van der Waals surface area contributed by atoms with Gasteiger partial charge in [0.15, 0.2) is 5.65 Å². The van der Waals surface area contributed by atoms with E-state index in [4.69, 9.17) is 0 Å². The van der Waals surface area contributed by atoms with Gasteiger partial charge in [-0.05, 0) is 30.5 Å². The molecule has 0 aliphatic heterocycles. The third-order valence-corrected chi connectivity index (χ3v) is 6.20. The highest BCUT2D eigenvalue weighted by molar-refractivity contribution is 7.13. The molecule has 10 heteroatoms. The fraction of sp³-hybridized carbons (Fsp3) is 0.273. The second-order valence-corrected chi connectivity index (χ2v) is 8.78. The second-order valence-electron chi connectivity index (χ2n) is 7.72. The lowest BCUT2D eigenvalue weighted by Gasteiger charge is -2.11. The van der Waals surface area contributed by atoms with Crippen molar-refractivity contribution >= 4 is 39.9 Å². The molecule has 1 unspecified atom stereocenters. The molecule has 1 aromatic carbocycles. The van der Waals surface area contributed by atoms with E-state index < -0.39 is 6.04 Å². The molecule has 0 saturated heterocycles. The molecule has 32 heavy (non-hydrogen) atoms. The molecule has 2 N–H and O–H groups in total. The lowest BCUT2D eigenvalue weighted by atomic mass is 10.0. The van der Waals surface area contributed by atoms with Crippen LogP contribution in [0, 0.1) is 0 Å². The van der Waals surface area contributed by atoms with E-state index in [1.54, 1.807) is 17.9 Å². The van der Waals surface area contributed by atoms with Crippen molar-refractivity contribution in [3.8, 4) is 0 Å². The van der Waals surface area contributed by atoms with Gasteiger partial charge in [0.1, 0.15) is 21.9 Å². The summed E-state index contributed by atoms with van der Waals surface area (Å²) in [6.45, 7) is 6.02. The van der Waals surface area contributed by atoms with E-state index in [9.17, 15) is 9.59 Å². The summed E-state index contributed by atoms with van der Waals surface area (Å²) < 4.78 is 1.58. The molecule has 4 aromatic rings. The Balaban J connectivity index is 1.45. The summed E-state index contributed by atoms with van der Waals surface area (Å²) in [4.78, 5) is 38.5. The van der Waals surface area contributed by atoms with Crippen LogP contribution < -0.4 is 10.6 Å². The largest absolute Gasteiger partial charge is 0.342 e. The summed E-state index contributed by atoms with van der Waals surface area (Å²) >= 11 is 1.24. The Morgan fingerprint density at radius 3 is 2.66 bits per heavy atom. The minimum Gasteiger partial charge on any atom is -0.342 e. The van der Waals surface area contributed by atoms with Gasteiger partial charge in [0.25, 0.3) is 11.8 Å². The van der Waals surface area contributed by atoms with E-state index in [1.165, 1.54) is 23.9 Å². The number of aromatic nitrogens is 5. The maximum Gasteiger partial charge on any atom is 0.271 e. The number of carbonyl (C=O) groups excluding carboxylic acids is 2. The maximum absolute atomic E-state index is 12.8. The van der Waals surface area contributed by atoms with Crippen molar-refractivity contribution in [2.45, 2.75) is 32.7 Å². The molecular weight excluding hydrogens is 426 g/mol. The number of fused-ring (bicyclic) bond motifs is 1. The minimum absolute atomic E-state index is 0.235. The SMILES string of the molecule is CC(C)c1cccc(NC(=O)c2cnc(C(C)NC(=O)c3ncnc4c3cnn4C)s2)c1. The number of hydrogen-bond acceptors (Lipinski definition) is 7. The predicted molar refractivity (Wildman–Crippen MR) is 123 cm³/mol. The Bertz CT molecular complexity index is 1290. The first-order valence-electron chi connectivity index (χ1n) is 10.1. The van der Waals surface area contributed by atoms with Crippen LogP contribution in [0.1, 0.15) is 63.5 Å². The van der Waals surface area contributed by atoms with E-state index in [1.807, 2.05) is 31.2 Å². The number of amides is 2. The van der Waals surface area contributed by atoms with Gasteiger partial charge in [-0.25, -0.2) is 15.0 Å². The van der Waals surface area contributed by atoms with Crippen molar-refractivity contribution in [1.82, 2.24) is 30.0 Å². The number of rotatable bonds is 6. The van der Waals surface area contributed by atoms with Crippen molar-refractivity contribution in [2.75, 3.05) is 5.32 Å². The number of carbonyl (C=O) groups is 2. The van der Waals surface area contributed by atoms with Crippen LogP contribution in [0.4, 0.5) is 5.69 Å². The molecule has 2 amide bonds. The van der Waals surface area contributed by atoms with Crippen LogP contribution in [0.15, 0.2) is 43.0 Å². The number of thiazole rings is 1. The van der Waals surface area contributed by atoms with Gasteiger partial charge in [0.05, 0.1) is 23.8 Å². The molecule has 0 fully saturated rings. The van der Waals surface area contributed by atoms with Crippen LogP contribution in [0.2, 0.25) is 0 Å². The van der Waals surface area contributed by atoms with E-state index in [0.717, 1.165) is 11.3 Å². The van der Waals surface area contributed by atoms with Gasteiger partial charge in [-0.3, -0.25) is 14.3 Å². The number of aryl methyl sites for hydroxylation is 1. The highest BCUT2D eigenvalue weighted by atomic mass is 32.1. The molecular formula is C22H23N7O2S. The molecule has 164 valence electrons. The smallest absolute Gasteiger partial charge is 0.271 e. The summed E-state index contributed by atoms with van der Waals surface area (Å²) in [5, 5.41) is 11.1. The molecule has 0 aliphatic carbocycles. The van der Waals surface area contributed by atoms with Crippen LogP contribution in [0.3, 0.4) is 0 Å². The Morgan fingerprint density at radius 2 is 1.88 bits per heavy atom. The number of hydrogen-bond donors (Lipinski definition) is 2. The fourth-order valence-corrected chi connectivity index (χ4v) is 4.05. The first-order chi connectivity index (χ1) is 15.3. The summed E-state index contributed by atoms with van der Waals surface area (Å²) in [6.07, 6.45) is 4.42. The number of benzene rings is 1. The standard InChI is InChI=1S/C22H23N7O2S/c1-12(2)14-6-5-7-15(8-14)28-20(30)17-10-23-22(32-17)13(3)27-21(31)18-16-9-26-29(4)19(16)25-11-24-18/h5-13H,1-4H3,(H,27,31)(H,28,30). The Morgan fingerprint density at radius 1 is 1.06 bits per heavy atom. The highest BCUT2D eigenvalue weighted by Gasteiger charge is 2.20. The Kier molecular flexibility index (Phi) is 5.95. The zero-order valence-corrected chi connectivity index (χ0v) is 19.0. The molecule has 1 atom stereocenters. The third kappa shape index (κ3) is 4.35. The topological polar surface area (TPSA) is 115 Å². The molecule has 3 aromatic heterocycles. The van der Waals surface area contributed by atoms with Crippen LogP contribution in [0.25, 0.3) is 11.0 Å². The van der Waals surface area contributed by atoms with Crippen molar-refractivity contribution < 1.29 is 9.59 Å². The summed E-state index contributed by atoms with van der Waals surface area (Å²) in [6, 6.07) is 7.38. The van der Waals surface area contributed by atoms with Crippen LogP contribution in [-0.2, 0) is 7.05 Å². The van der Waals surface area contributed by atoms with Gasteiger partial charge < -0.3 is 10.6 Å². The first kappa shape index (κ1) is 21.6. The van der Waals surface area contributed by atoms with Crippen molar-refractivity contribution in [3.05, 3.63) is 64.1 Å². The van der Waals surface area contributed by atoms with Gasteiger partial charge in [-0.1, -0.05) is 26.0 Å². The molecule has 0 spiro atoms. The lowest BCUT2D eigenvalue weighted by Crippen LogP contribution is -2.27. The van der Waals surface area contributed by atoms with E-state index >= 15 is 0 Å². The average Bonchev–Trinajstić information content (AvgIpc) is 3.41. The average molecular weight is 450 g/mol. The van der Waals surface area contributed by atoms with Crippen molar-refractivity contribution in [3.63, 3.8) is 0 Å². The second kappa shape index (κ2) is 8.83. The number of nitrogens with one attached hydrogen (secondary N) is 2. The van der Waals surface area contributed by atoms with Gasteiger partial charge in [0.2, 0.25) is 0 Å². The first-order valence-corrected chi connectivity index (χ1v) is 11.0. The fourth-order valence-electron chi connectivity index (χ4n) is 3.23. The highest BCUT2D eigenvalue weighted by Crippen LogP contribution is 2.23. The van der Waals surface area contributed by atoms with Crippen LogP contribution >= 0.6 is 11.3 Å². The Labute approximate surface area is 188 Å². The van der Waals surface area contributed by atoms with E-state index in [-0.39, 0.29) is 17.5 Å². The van der Waals surface area contributed by atoms with Gasteiger partial charge in [0, 0.05) is 12.7 Å². The lowest BCUT2D eigenvalue weighted by molar-refractivity contribution is 0.0936. The Hall–Kier alpha value is -3.66. The quantitative estimate of drug-likeness (QED) is 0.464. The van der Waals surface area contributed by atoms with E-state index in [0.29, 0.717) is 26.8 Å². The molecule has 4 rings (SSSR count). The van der Waals surface area contributed by atoms with Crippen molar-refractivity contribution in [1.29, 1.82) is 0 Å². The van der Waals surface area contributed by atoms with Gasteiger partial charge >= 0.3 is 0 Å². The monoisotopic (exact) mass is 449 g/mol. The normalized spacial score (nSPS) is 12.2. The molecule has 0 bridgehead atoms. The summed E-state index contributed by atoms with van der Waals surface area (Å²) in [5.74, 6) is -0.222. The number of anilines is 1. The molecule has 0 radical (unpaired) electrons. The number of nitrogens with zero attached hydrogens (tertiary/aromatic N) is 5. The van der Waals surface area contributed by atoms with Crippen LogP contribution in [-0.4, -0.2) is 36.5 Å². The van der Waals surface area contributed by atoms with Crippen molar-refractivity contribution in [2.24, 2.45) is 7.05 Å². The molecule has 9 nitrogen and oxygen atoms in total. The summed E-state index contributed by atoms with van der Waals surface area (Å²) in [5.41, 5.74) is 2.71. The van der Waals surface area contributed by atoms with Gasteiger partial charge in [-0.15, -0.1) is 11.3 Å². The minimum atomic E-state index is -0.403. The van der Waals surface area contributed by atoms with Crippen LogP contribution in [0.5, 0.6) is 0 Å². The zero-order valence-electron chi connectivity index (χ0n) is 18.2.